The van der Waals surface area contributed by atoms with E-state index in [0.717, 1.165) is 6.42 Å². The fourth-order valence-corrected chi connectivity index (χ4v) is 2.72. The summed E-state index contributed by atoms with van der Waals surface area (Å²) in [6.07, 6.45) is 6.08. The van der Waals surface area contributed by atoms with Crippen LogP contribution in [0.2, 0.25) is 0 Å². The van der Waals surface area contributed by atoms with Gasteiger partial charge in [-0.2, -0.15) is 5.26 Å². The molecule has 1 aliphatic heterocycles. The first-order valence-corrected chi connectivity index (χ1v) is 6.56. The van der Waals surface area contributed by atoms with Crippen LogP contribution in [0.3, 0.4) is 0 Å². The summed E-state index contributed by atoms with van der Waals surface area (Å²) in [6.45, 7) is 6.74. The minimum absolute atomic E-state index is 0.330. The Hall–Kier alpha value is -0.590. The van der Waals surface area contributed by atoms with Crippen molar-refractivity contribution in [2.75, 3.05) is 13.1 Å². The Balaban J connectivity index is 1.86. The number of rotatable bonds is 5. The van der Waals surface area contributed by atoms with Crippen LogP contribution in [-0.4, -0.2) is 35.6 Å². The third-order valence-corrected chi connectivity index (χ3v) is 3.81. The van der Waals surface area contributed by atoms with Gasteiger partial charge in [0.15, 0.2) is 0 Å². The van der Waals surface area contributed by atoms with Gasteiger partial charge >= 0.3 is 0 Å². The molecule has 1 heterocycles. The van der Waals surface area contributed by atoms with Crippen LogP contribution in [0.4, 0.5) is 0 Å². The highest BCUT2D eigenvalue weighted by molar-refractivity contribution is 5.08. The molecule has 3 heteroatoms. The number of hydrogen-bond donors (Lipinski definition) is 1. The van der Waals surface area contributed by atoms with E-state index in [1.807, 2.05) is 0 Å². The Kier molecular flexibility index (Phi) is 3.51. The molecule has 2 aliphatic rings. The maximum absolute atomic E-state index is 9.32. The van der Waals surface area contributed by atoms with Crippen molar-refractivity contribution in [1.82, 2.24) is 10.2 Å². The molecule has 1 saturated heterocycles. The number of likely N-dealkylation sites (tertiary alicyclic amines) is 1. The summed E-state index contributed by atoms with van der Waals surface area (Å²) >= 11 is 0. The van der Waals surface area contributed by atoms with Crippen molar-refractivity contribution in [2.45, 2.75) is 63.6 Å². The van der Waals surface area contributed by atoms with Gasteiger partial charge in [-0.25, -0.2) is 0 Å². The smallest absolute Gasteiger partial charge is 0.105 e. The van der Waals surface area contributed by atoms with Crippen LogP contribution in [0.25, 0.3) is 0 Å². The molecule has 1 aliphatic carbocycles. The molecular weight excluding hydrogens is 198 g/mol. The van der Waals surface area contributed by atoms with Crippen LogP contribution in [0.15, 0.2) is 0 Å². The molecule has 0 bridgehead atoms. The first-order chi connectivity index (χ1) is 7.63. The Morgan fingerprint density at radius 1 is 1.44 bits per heavy atom. The lowest BCUT2D eigenvalue weighted by atomic mass is 9.94. The van der Waals surface area contributed by atoms with Gasteiger partial charge in [0.2, 0.25) is 0 Å². The molecule has 2 atom stereocenters. The Bertz CT molecular complexity index is 273. The molecule has 16 heavy (non-hydrogen) atoms. The molecule has 0 aromatic carbocycles. The van der Waals surface area contributed by atoms with Crippen molar-refractivity contribution in [3.63, 3.8) is 0 Å². The molecule has 0 aromatic heterocycles. The third kappa shape index (κ3) is 2.96. The van der Waals surface area contributed by atoms with Crippen molar-refractivity contribution in [3.05, 3.63) is 0 Å². The number of nitriles is 1. The van der Waals surface area contributed by atoms with Gasteiger partial charge < -0.3 is 4.90 Å². The summed E-state index contributed by atoms with van der Waals surface area (Å²) in [4.78, 5) is 2.52. The highest BCUT2D eigenvalue weighted by Gasteiger charge is 2.35. The fourth-order valence-electron chi connectivity index (χ4n) is 2.72. The number of nitrogens with one attached hydrogen (secondary N) is 1. The molecular formula is C13H23N3. The number of nitrogens with zero attached hydrogens (tertiary/aromatic N) is 2. The molecule has 1 saturated carbocycles. The summed E-state index contributed by atoms with van der Waals surface area (Å²) in [5.74, 6) is 0. The van der Waals surface area contributed by atoms with Gasteiger partial charge in [-0.05, 0) is 59.0 Å². The summed E-state index contributed by atoms with van der Waals surface area (Å²) in [7, 11) is 0. The zero-order valence-corrected chi connectivity index (χ0v) is 10.5. The Morgan fingerprint density at radius 2 is 2.06 bits per heavy atom. The SMILES string of the molecule is CC(CC(C)(C#N)NC1CC1)N1CCCC1. The molecule has 2 unspecified atom stereocenters. The first kappa shape index (κ1) is 11.9. The van der Waals surface area contributed by atoms with E-state index >= 15 is 0 Å². The predicted molar refractivity (Wildman–Crippen MR) is 65.1 cm³/mol. The topological polar surface area (TPSA) is 39.1 Å². The summed E-state index contributed by atoms with van der Waals surface area (Å²) in [5, 5.41) is 12.8. The summed E-state index contributed by atoms with van der Waals surface area (Å²) in [6, 6.07) is 3.60. The zero-order valence-electron chi connectivity index (χ0n) is 10.5. The van der Waals surface area contributed by atoms with Crippen molar-refractivity contribution >= 4 is 0 Å². The van der Waals surface area contributed by atoms with Crippen molar-refractivity contribution in [2.24, 2.45) is 0 Å². The van der Waals surface area contributed by atoms with Gasteiger partial charge in [0.1, 0.15) is 5.54 Å². The standard InChI is InChI=1S/C13H23N3/c1-11(16-7-3-4-8-16)9-13(2,10-14)15-12-5-6-12/h11-12,15H,3-9H2,1-2H3. The normalized spacial score (nSPS) is 27.3. The van der Waals surface area contributed by atoms with E-state index in [1.54, 1.807) is 0 Å². The first-order valence-electron chi connectivity index (χ1n) is 6.56. The molecule has 2 fully saturated rings. The Morgan fingerprint density at radius 3 is 2.56 bits per heavy atom. The second kappa shape index (κ2) is 4.73. The maximum Gasteiger partial charge on any atom is 0.105 e. The van der Waals surface area contributed by atoms with Crippen LogP contribution >= 0.6 is 0 Å². The van der Waals surface area contributed by atoms with Crippen LogP contribution in [0.5, 0.6) is 0 Å². The lowest BCUT2D eigenvalue weighted by Crippen LogP contribution is -2.47. The highest BCUT2D eigenvalue weighted by atomic mass is 15.2. The van der Waals surface area contributed by atoms with Crippen molar-refractivity contribution in [3.8, 4) is 6.07 Å². The molecule has 0 radical (unpaired) electrons. The van der Waals surface area contributed by atoms with E-state index in [4.69, 9.17) is 0 Å². The second-order valence-electron chi connectivity index (χ2n) is 5.66. The minimum Gasteiger partial charge on any atom is -0.301 e. The average molecular weight is 221 g/mol. The monoisotopic (exact) mass is 221 g/mol. The average Bonchev–Trinajstić information content (AvgIpc) is 2.88. The van der Waals surface area contributed by atoms with E-state index in [0.29, 0.717) is 12.1 Å². The number of hydrogen-bond acceptors (Lipinski definition) is 3. The molecule has 1 N–H and O–H groups in total. The quantitative estimate of drug-likeness (QED) is 0.770. The van der Waals surface area contributed by atoms with E-state index in [2.05, 4.69) is 30.1 Å². The molecule has 0 spiro atoms. The van der Waals surface area contributed by atoms with Crippen LogP contribution < -0.4 is 5.32 Å². The molecule has 0 aromatic rings. The highest BCUT2D eigenvalue weighted by Crippen LogP contribution is 2.26. The van der Waals surface area contributed by atoms with Gasteiger partial charge in [0.05, 0.1) is 6.07 Å². The van der Waals surface area contributed by atoms with Gasteiger partial charge in [-0.1, -0.05) is 0 Å². The molecule has 90 valence electrons. The van der Waals surface area contributed by atoms with E-state index in [1.165, 1.54) is 38.8 Å². The zero-order chi connectivity index (χ0) is 11.6. The lowest BCUT2D eigenvalue weighted by Gasteiger charge is -2.31. The van der Waals surface area contributed by atoms with Gasteiger partial charge in [-0.3, -0.25) is 5.32 Å². The summed E-state index contributed by atoms with van der Waals surface area (Å²) in [5.41, 5.74) is -0.330. The van der Waals surface area contributed by atoms with Crippen molar-refractivity contribution in [1.29, 1.82) is 5.26 Å². The van der Waals surface area contributed by atoms with Crippen LogP contribution in [-0.2, 0) is 0 Å². The third-order valence-electron chi connectivity index (χ3n) is 3.81. The van der Waals surface area contributed by atoms with Gasteiger partial charge in [-0.15, -0.1) is 0 Å². The van der Waals surface area contributed by atoms with Crippen LogP contribution in [0, 0.1) is 11.3 Å². The predicted octanol–water partition coefficient (Wildman–Crippen LogP) is 1.90. The van der Waals surface area contributed by atoms with E-state index in [-0.39, 0.29) is 5.54 Å². The van der Waals surface area contributed by atoms with E-state index in [9.17, 15) is 5.26 Å². The lowest BCUT2D eigenvalue weighted by molar-refractivity contribution is 0.212. The van der Waals surface area contributed by atoms with Gasteiger partial charge in [0.25, 0.3) is 0 Å². The molecule has 3 nitrogen and oxygen atoms in total. The minimum atomic E-state index is -0.330. The largest absolute Gasteiger partial charge is 0.301 e. The summed E-state index contributed by atoms with van der Waals surface area (Å²) < 4.78 is 0. The van der Waals surface area contributed by atoms with E-state index < -0.39 is 0 Å². The Labute approximate surface area is 98.8 Å². The van der Waals surface area contributed by atoms with Crippen molar-refractivity contribution < 1.29 is 0 Å². The second-order valence-corrected chi connectivity index (χ2v) is 5.66. The molecule has 0 amide bonds. The van der Waals surface area contributed by atoms with Crippen LogP contribution in [0.1, 0.15) is 46.0 Å². The maximum atomic E-state index is 9.32. The van der Waals surface area contributed by atoms with Gasteiger partial charge in [0, 0.05) is 12.1 Å². The fraction of sp³-hybridized carbons (Fsp3) is 0.923. The molecule has 2 rings (SSSR count).